The van der Waals surface area contributed by atoms with Crippen molar-refractivity contribution in [2.45, 2.75) is 51.8 Å². The minimum absolute atomic E-state index is 0.173. The van der Waals surface area contributed by atoms with Crippen molar-refractivity contribution in [2.24, 2.45) is 0 Å². The highest BCUT2D eigenvalue weighted by Crippen LogP contribution is 2.45. The average molecular weight is 378 g/mol. The zero-order valence-corrected chi connectivity index (χ0v) is 16.5. The third kappa shape index (κ3) is 3.64. The van der Waals surface area contributed by atoms with Crippen LogP contribution in [0.2, 0.25) is 5.02 Å². The summed E-state index contributed by atoms with van der Waals surface area (Å²) in [4.78, 5) is 8.28. The number of piperidine rings is 1. The number of benzene rings is 1. The summed E-state index contributed by atoms with van der Waals surface area (Å²) in [5, 5.41) is 5.54. The molecule has 3 heterocycles. The molecule has 0 saturated carbocycles. The first kappa shape index (κ1) is 17.1. The number of hydrogen-bond acceptors (Lipinski definition) is 5. The Bertz CT molecular complexity index is 775. The van der Waals surface area contributed by atoms with Gasteiger partial charge < -0.3 is 15.0 Å². The lowest BCUT2D eigenvalue weighted by Crippen LogP contribution is -2.49. The maximum absolute atomic E-state index is 6.11. The highest BCUT2D eigenvalue weighted by Gasteiger charge is 2.28. The Morgan fingerprint density at radius 1 is 1.28 bits per heavy atom. The van der Waals surface area contributed by atoms with E-state index in [1.54, 1.807) is 11.3 Å². The molecular formula is C19H24ClN3OS. The van der Waals surface area contributed by atoms with E-state index in [0.717, 1.165) is 52.4 Å². The Morgan fingerprint density at radius 3 is 2.76 bits per heavy atom. The van der Waals surface area contributed by atoms with Gasteiger partial charge in [0.2, 0.25) is 5.88 Å². The van der Waals surface area contributed by atoms with Crippen molar-refractivity contribution >= 4 is 28.1 Å². The van der Waals surface area contributed by atoms with Crippen molar-refractivity contribution in [1.82, 2.24) is 10.3 Å². The van der Waals surface area contributed by atoms with E-state index in [-0.39, 0.29) is 5.54 Å². The van der Waals surface area contributed by atoms with Crippen molar-refractivity contribution in [3.63, 3.8) is 0 Å². The molecule has 2 aliphatic heterocycles. The van der Waals surface area contributed by atoms with E-state index in [4.69, 9.17) is 21.3 Å². The molecule has 2 aliphatic rings. The van der Waals surface area contributed by atoms with Gasteiger partial charge in [0.25, 0.3) is 0 Å². The Morgan fingerprint density at radius 2 is 2.04 bits per heavy atom. The van der Waals surface area contributed by atoms with E-state index >= 15 is 0 Å². The van der Waals surface area contributed by atoms with Crippen LogP contribution in [0.5, 0.6) is 5.88 Å². The number of thiazole rings is 1. The third-order valence-corrected chi connectivity index (χ3v) is 6.03. The number of ether oxygens (including phenoxy) is 1. The van der Waals surface area contributed by atoms with Gasteiger partial charge in [-0.2, -0.15) is 4.98 Å². The smallest absolute Gasteiger partial charge is 0.234 e. The molecule has 2 aromatic rings. The van der Waals surface area contributed by atoms with Gasteiger partial charge in [-0.25, -0.2) is 0 Å². The fourth-order valence-corrected chi connectivity index (χ4v) is 4.89. The van der Waals surface area contributed by atoms with Crippen LogP contribution in [0.25, 0.3) is 10.4 Å². The molecule has 134 valence electrons. The highest BCUT2D eigenvalue weighted by atomic mass is 35.5. The third-order valence-electron chi connectivity index (χ3n) is 4.66. The molecule has 1 aromatic heterocycles. The molecule has 1 aromatic carbocycles. The fourth-order valence-electron chi connectivity index (χ4n) is 3.58. The zero-order chi connectivity index (χ0) is 17.6. The van der Waals surface area contributed by atoms with Crippen LogP contribution in [-0.4, -0.2) is 29.7 Å². The van der Waals surface area contributed by atoms with E-state index in [0.29, 0.717) is 12.6 Å². The molecule has 6 heteroatoms. The van der Waals surface area contributed by atoms with Crippen LogP contribution in [-0.2, 0) is 6.61 Å². The molecule has 4 nitrogen and oxygen atoms in total. The summed E-state index contributed by atoms with van der Waals surface area (Å²) in [7, 11) is 0. The Hall–Kier alpha value is -1.30. The first-order valence-corrected chi connectivity index (χ1v) is 10.0. The van der Waals surface area contributed by atoms with E-state index < -0.39 is 0 Å². The van der Waals surface area contributed by atoms with Crippen molar-refractivity contribution in [3.05, 3.63) is 28.8 Å². The largest absolute Gasteiger partial charge is 0.472 e. The molecule has 0 radical (unpaired) electrons. The number of halogens is 1. The van der Waals surface area contributed by atoms with Crippen LogP contribution in [0.3, 0.4) is 0 Å². The molecule has 0 unspecified atom stereocenters. The molecular weight excluding hydrogens is 354 g/mol. The zero-order valence-electron chi connectivity index (χ0n) is 14.9. The summed E-state index contributed by atoms with van der Waals surface area (Å²) < 4.78 is 5.87. The van der Waals surface area contributed by atoms with Gasteiger partial charge in [-0.15, -0.1) is 0 Å². The number of nitrogens with zero attached hydrogens (tertiary/aromatic N) is 2. The maximum atomic E-state index is 6.11. The monoisotopic (exact) mass is 377 g/mol. The van der Waals surface area contributed by atoms with E-state index in [9.17, 15) is 0 Å². The molecule has 1 fully saturated rings. The molecule has 0 atom stereocenters. The van der Waals surface area contributed by atoms with Gasteiger partial charge in [0.1, 0.15) is 11.5 Å². The Balaban J connectivity index is 1.50. The Kier molecular flexibility index (Phi) is 4.42. The molecule has 0 spiro atoms. The van der Waals surface area contributed by atoms with Crippen LogP contribution in [0.4, 0.5) is 5.13 Å². The SMILES string of the molecule is CC(C)(C)NC1CCN(c2nc3c(s2)-c2ccc(Cl)cc2CO3)CC1. The first-order valence-electron chi connectivity index (χ1n) is 8.84. The van der Waals surface area contributed by atoms with Gasteiger partial charge in [0, 0.05) is 35.3 Å². The summed E-state index contributed by atoms with van der Waals surface area (Å²) in [5.41, 5.74) is 2.52. The summed E-state index contributed by atoms with van der Waals surface area (Å²) in [6, 6.07) is 6.60. The molecule has 25 heavy (non-hydrogen) atoms. The van der Waals surface area contributed by atoms with Gasteiger partial charge in [-0.1, -0.05) is 29.0 Å². The first-order chi connectivity index (χ1) is 11.9. The van der Waals surface area contributed by atoms with Crippen LogP contribution in [0, 0.1) is 0 Å². The number of nitrogens with one attached hydrogen (secondary N) is 1. The number of fused-ring (bicyclic) bond motifs is 3. The summed E-state index contributed by atoms with van der Waals surface area (Å²) in [6.07, 6.45) is 2.29. The number of rotatable bonds is 2. The minimum atomic E-state index is 0.173. The highest BCUT2D eigenvalue weighted by molar-refractivity contribution is 7.19. The average Bonchev–Trinajstić information content (AvgIpc) is 2.98. The number of anilines is 1. The molecule has 4 rings (SSSR count). The minimum Gasteiger partial charge on any atom is -0.472 e. The quantitative estimate of drug-likeness (QED) is 0.822. The van der Waals surface area contributed by atoms with Crippen LogP contribution < -0.4 is 15.0 Å². The molecule has 0 bridgehead atoms. The predicted molar refractivity (Wildman–Crippen MR) is 105 cm³/mol. The normalized spacial score (nSPS) is 17.8. The molecule has 1 N–H and O–H groups in total. The fraction of sp³-hybridized carbons (Fsp3) is 0.526. The lowest BCUT2D eigenvalue weighted by Gasteiger charge is -2.36. The summed E-state index contributed by atoms with van der Waals surface area (Å²) in [6.45, 7) is 9.31. The standard InChI is InChI=1S/C19H24ClN3OS/c1-19(2,3)22-14-6-8-23(9-7-14)18-21-17-16(25-18)15-5-4-13(20)10-12(15)11-24-17/h4-5,10,14,22H,6-9,11H2,1-3H3. The Labute approximate surface area is 158 Å². The number of hydrogen-bond donors (Lipinski definition) is 1. The van der Waals surface area contributed by atoms with Gasteiger partial charge in [0.15, 0.2) is 5.13 Å². The van der Waals surface area contributed by atoms with Gasteiger partial charge in [-0.05, 0) is 51.3 Å². The van der Waals surface area contributed by atoms with Gasteiger partial charge in [-0.3, -0.25) is 0 Å². The van der Waals surface area contributed by atoms with Crippen molar-refractivity contribution in [1.29, 1.82) is 0 Å². The van der Waals surface area contributed by atoms with Crippen LogP contribution in [0.15, 0.2) is 18.2 Å². The van der Waals surface area contributed by atoms with Crippen molar-refractivity contribution < 1.29 is 4.74 Å². The molecule has 0 aliphatic carbocycles. The van der Waals surface area contributed by atoms with E-state index in [2.05, 4.69) is 37.1 Å². The van der Waals surface area contributed by atoms with Gasteiger partial charge in [0.05, 0.1) is 0 Å². The van der Waals surface area contributed by atoms with Crippen molar-refractivity contribution in [2.75, 3.05) is 18.0 Å². The van der Waals surface area contributed by atoms with Crippen LogP contribution in [0.1, 0.15) is 39.2 Å². The molecule has 1 saturated heterocycles. The van der Waals surface area contributed by atoms with E-state index in [1.807, 2.05) is 12.1 Å². The predicted octanol–water partition coefficient (Wildman–Crippen LogP) is 4.71. The van der Waals surface area contributed by atoms with Crippen LogP contribution >= 0.6 is 22.9 Å². The molecule has 0 amide bonds. The second kappa shape index (κ2) is 6.45. The lowest BCUT2D eigenvalue weighted by atomic mass is 10.0. The summed E-state index contributed by atoms with van der Waals surface area (Å²) >= 11 is 7.84. The number of aromatic nitrogens is 1. The van der Waals surface area contributed by atoms with Crippen molar-refractivity contribution in [3.8, 4) is 16.3 Å². The van der Waals surface area contributed by atoms with E-state index in [1.165, 1.54) is 5.56 Å². The summed E-state index contributed by atoms with van der Waals surface area (Å²) in [5.74, 6) is 0.768. The maximum Gasteiger partial charge on any atom is 0.234 e. The second-order valence-electron chi connectivity index (χ2n) is 7.88. The lowest BCUT2D eigenvalue weighted by molar-refractivity contribution is 0.291. The van der Waals surface area contributed by atoms with Gasteiger partial charge >= 0.3 is 0 Å². The second-order valence-corrected chi connectivity index (χ2v) is 9.29. The topological polar surface area (TPSA) is 37.4 Å².